The van der Waals surface area contributed by atoms with E-state index in [1.54, 1.807) is 19.1 Å². The van der Waals surface area contributed by atoms with Gasteiger partial charge in [-0.15, -0.1) is 0 Å². The van der Waals surface area contributed by atoms with Crippen molar-refractivity contribution in [2.24, 2.45) is 5.41 Å². The van der Waals surface area contributed by atoms with Crippen LogP contribution in [0.3, 0.4) is 0 Å². The van der Waals surface area contributed by atoms with Crippen LogP contribution in [0.25, 0.3) is 0 Å². The highest BCUT2D eigenvalue weighted by Gasteiger charge is 2.50. The van der Waals surface area contributed by atoms with Gasteiger partial charge < -0.3 is 10.4 Å². The summed E-state index contributed by atoms with van der Waals surface area (Å²) in [6, 6.07) is 6.25. The number of carboxylic acid groups (broad SMARTS) is 1. The highest BCUT2D eigenvalue weighted by atomic mass is 32.2. The number of carbonyl (C=O) groups excluding carboxylic acids is 1. The maximum atomic E-state index is 12.3. The summed E-state index contributed by atoms with van der Waals surface area (Å²) in [4.78, 5) is 23.4. The smallest absolute Gasteiger partial charge is 0.311 e. The molecule has 0 atom stereocenters. The Morgan fingerprint density at radius 1 is 1.26 bits per heavy atom. The summed E-state index contributed by atoms with van der Waals surface area (Å²) in [5.74, 6) is -1.45. The molecule has 1 saturated carbocycles. The number of anilines is 1. The third-order valence-electron chi connectivity index (χ3n) is 3.80. The first-order valence-corrected chi connectivity index (χ1v) is 9.06. The molecule has 1 aromatic rings. The average molecular weight is 340 g/mol. The Morgan fingerprint density at radius 3 is 2.48 bits per heavy atom. The fourth-order valence-corrected chi connectivity index (χ4v) is 3.37. The topological polar surface area (TPSA) is 113 Å². The van der Waals surface area contributed by atoms with Gasteiger partial charge in [0.1, 0.15) is 0 Å². The number of sulfonamides is 1. The molecule has 1 aliphatic carbocycles. The third-order valence-corrected chi connectivity index (χ3v) is 5.28. The zero-order valence-corrected chi connectivity index (χ0v) is 13.6. The highest BCUT2D eigenvalue weighted by Crippen LogP contribution is 2.45. The van der Waals surface area contributed by atoms with Gasteiger partial charge in [-0.25, -0.2) is 8.42 Å². The quantitative estimate of drug-likeness (QED) is 0.663. The van der Waals surface area contributed by atoms with E-state index in [0.29, 0.717) is 19.3 Å². The lowest BCUT2D eigenvalue weighted by atomic mass is 10.1. The van der Waals surface area contributed by atoms with Crippen molar-refractivity contribution < 1.29 is 23.1 Å². The Bertz CT molecular complexity index is 710. The van der Waals surface area contributed by atoms with Crippen LogP contribution in [0.5, 0.6) is 0 Å². The second kappa shape index (κ2) is 6.57. The normalized spacial score (nSPS) is 15.7. The molecule has 0 spiro atoms. The number of aliphatic carboxylic acids is 1. The standard InChI is InChI=1S/C15H20N2O5S/c1-2-9-23(21,22)17-12-6-4-3-5-11(12)13(18)16-10-15(7-8-15)14(19)20/h3-6,17H,2,7-10H2,1H3,(H,16,18)(H,19,20). The van der Waals surface area contributed by atoms with Gasteiger partial charge in [0, 0.05) is 6.54 Å². The van der Waals surface area contributed by atoms with Crippen LogP contribution in [0, 0.1) is 5.41 Å². The van der Waals surface area contributed by atoms with Crippen molar-refractivity contribution in [2.45, 2.75) is 26.2 Å². The van der Waals surface area contributed by atoms with E-state index in [1.165, 1.54) is 12.1 Å². The summed E-state index contributed by atoms with van der Waals surface area (Å²) in [7, 11) is -3.51. The second-order valence-corrected chi connectivity index (χ2v) is 7.58. The molecule has 0 heterocycles. The molecular weight excluding hydrogens is 320 g/mol. The Hall–Kier alpha value is -2.09. The minimum Gasteiger partial charge on any atom is -0.481 e. The number of carbonyl (C=O) groups is 2. The molecule has 126 valence electrons. The maximum Gasteiger partial charge on any atom is 0.311 e. The molecule has 0 aromatic heterocycles. The summed E-state index contributed by atoms with van der Waals surface area (Å²) in [6.45, 7) is 1.79. The van der Waals surface area contributed by atoms with Crippen LogP contribution >= 0.6 is 0 Å². The third kappa shape index (κ3) is 4.22. The molecule has 1 aliphatic rings. The van der Waals surface area contributed by atoms with Gasteiger partial charge >= 0.3 is 5.97 Å². The van der Waals surface area contributed by atoms with Gasteiger partial charge in [0.2, 0.25) is 10.0 Å². The Balaban J connectivity index is 2.10. The number of amides is 1. The van der Waals surface area contributed by atoms with Crippen LogP contribution in [0.15, 0.2) is 24.3 Å². The number of hydrogen-bond acceptors (Lipinski definition) is 4. The lowest BCUT2D eigenvalue weighted by molar-refractivity contribution is -0.143. The lowest BCUT2D eigenvalue weighted by Gasteiger charge is -2.14. The molecule has 23 heavy (non-hydrogen) atoms. The SMILES string of the molecule is CCCS(=O)(=O)Nc1ccccc1C(=O)NCC1(C(=O)O)CC1. The highest BCUT2D eigenvalue weighted by molar-refractivity contribution is 7.92. The number of para-hydroxylation sites is 1. The van der Waals surface area contributed by atoms with Crippen LogP contribution in [-0.4, -0.2) is 37.7 Å². The van der Waals surface area contributed by atoms with E-state index in [9.17, 15) is 18.0 Å². The van der Waals surface area contributed by atoms with E-state index in [0.717, 1.165) is 0 Å². The summed E-state index contributed by atoms with van der Waals surface area (Å²) < 4.78 is 26.1. The van der Waals surface area contributed by atoms with Crippen molar-refractivity contribution in [3.8, 4) is 0 Å². The zero-order valence-electron chi connectivity index (χ0n) is 12.8. The lowest BCUT2D eigenvalue weighted by Crippen LogP contribution is -2.34. The van der Waals surface area contributed by atoms with E-state index in [-0.39, 0.29) is 23.5 Å². The maximum absolute atomic E-state index is 12.3. The van der Waals surface area contributed by atoms with Crippen LogP contribution in [0.4, 0.5) is 5.69 Å². The van der Waals surface area contributed by atoms with Gasteiger partial charge in [-0.3, -0.25) is 14.3 Å². The van der Waals surface area contributed by atoms with Gasteiger partial charge in [-0.05, 0) is 31.4 Å². The fraction of sp³-hybridized carbons (Fsp3) is 0.467. The summed E-state index contributed by atoms with van der Waals surface area (Å²) in [5, 5.41) is 11.7. The minimum atomic E-state index is -3.51. The summed E-state index contributed by atoms with van der Waals surface area (Å²) >= 11 is 0. The fourth-order valence-electron chi connectivity index (χ4n) is 2.22. The van der Waals surface area contributed by atoms with Crippen molar-refractivity contribution in [1.82, 2.24) is 5.32 Å². The molecule has 0 radical (unpaired) electrons. The number of rotatable bonds is 8. The van der Waals surface area contributed by atoms with Crippen molar-refractivity contribution in [2.75, 3.05) is 17.0 Å². The molecule has 7 nitrogen and oxygen atoms in total. The van der Waals surface area contributed by atoms with Crippen LogP contribution < -0.4 is 10.0 Å². The first-order valence-electron chi connectivity index (χ1n) is 7.41. The molecule has 1 aromatic carbocycles. The van der Waals surface area contributed by atoms with Gasteiger partial charge in [-0.2, -0.15) is 0 Å². The molecule has 1 amide bonds. The molecule has 3 N–H and O–H groups in total. The van der Waals surface area contributed by atoms with Crippen LogP contribution in [0.1, 0.15) is 36.5 Å². The molecular formula is C15H20N2O5S. The first-order chi connectivity index (χ1) is 10.8. The molecule has 0 unspecified atom stereocenters. The van der Waals surface area contributed by atoms with E-state index < -0.39 is 27.3 Å². The Morgan fingerprint density at radius 2 is 1.91 bits per heavy atom. The van der Waals surface area contributed by atoms with E-state index in [1.807, 2.05) is 0 Å². The summed E-state index contributed by atoms with van der Waals surface area (Å²) in [6.07, 6.45) is 1.53. The monoisotopic (exact) mass is 340 g/mol. The second-order valence-electron chi connectivity index (χ2n) is 5.73. The van der Waals surface area contributed by atoms with Crippen molar-refractivity contribution in [1.29, 1.82) is 0 Å². The molecule has 0 saturated heterocycles. The Kier molecular flexibility index (Phi) is 4.93. The molecule has 2 rings (SSSR count). The number of nitrogens with one attached hydrogen (secondary N) is 2. The van der Waals surface area contributed by atoms with Crippen molar-refractivity contribution in [3.63, 3.8) is 0 Å². The van der Waals surface area contributed by atoms with E-state index in [2.05, 4.69) is 10.0 Å². The predicted octanol–water partition coefficient (Wildman–Crippen LogP) is 1.43. The zero-order chi connectivity index (χ0) is 17.1. The minimum absolute atomic E-state index is 0.0366. The number of benzene rings is 1. The number of hydrogen-bond donors (Lipinski definition) is 3. The van der Waals surface area contributed by atoms with E-state index in [4.69, 9.17) is 5.11 Å². The largest absolute Gasteiger partial charge is 0.481 e. The first kappa shape index (κ1) is 17.3. The molecule has 8 heteroatoms. The predicted molar refractivity (Wildman–Crippen MR) is 85.8 cm³/mol. The average Bonchev–Trinajstić information content (AvgIpc) is 3.26. The van der Waals surface area contributed by atoms with Gasteiger partial charge in [0.15, 0.2) is 0 Å². The van der Waals surface area contributed by atoms with Crippen LogP contribution in [-0.2, 0) is 14.8 Å². The van der Waals surface area contributed by atoms with Gasteiger partial charge in [0.25, 0.3) is 5.91 Å². The molecule has 1 fully saturated rings. The molecule has 0 bridgehead atoms. The van der Waals surface area contributed by atoms with Gasteiger partial charge in [-0.1, -0.05) is 19.1 Å². The Labute approximate surface area is 135 Å². The van der Waals surface area contributed by atoms with Crippen LogP contribution in [0.2, 0.25) is 0 Å². The van der Waals surface area contributed by atoms with Crippen molar-refractivity contribution >= 4 is 27.6 Å². The van der Waals surface area contributed by atoms with Gasteiger partial charge in [0.05, 0.1) is 22.4 Å². The summed E-state index contributed by atoms with van der Waals surface area (Å²) in [5.41, 5.74) is -0.501. The van der Waals surface area contributed by atoms with E-state index >= 15 is 0 Å². The van der Waals surface area contributed by atoms with Crippen molar-refractivity contribution in [3.05, 3.63) is 29.8 Å². The number of carboxylic acids is 1. The molecule has 0 aliphatic heterocycles.